The Labute approximate surface area is 550 Å². The quantitative estimate of drug-likeness (QED) is 0.0264. The molecule has 10 heteroatoms. The maximum atomic E-state index is 12.8. The van der Waals surface area contributed by atoms with Crippen molar-refractivity contribution in [3.63, 3.8) is 0 Å². The van der Waals surface area contributed by atoms with Crippen molar-refractivity contribution in [3.05, 3.63) is 97.2 Å². The molecule has 0 saturated carbocycles. The molecular formula is C79H142NO8P. The number of carbonyl (C=O) groups is 2. The van der Waals surface area contributed by atoms with Crippen molar-refractivity contribution in [1.29, 1.82) is 0 Å². The second-order valence-corrected chi connectivity index (χ2v) is 26.6. The van der Waals surface area contributed by atoms with Crippen LogP contribution in [0.3, 0.4) is 0 Å². The van der Waals surface area contributed by atoms with E-state index < -0.39 is 26.5 Å². The van der Waals surface area contributed by atoms with Gasteiger partial charge in [0.05, 0.1) is 13.2 Å². The average Bonchev–Trinajstić information content (AvgIpc) is 3.58. The van der Waals surface area contributed by atoms with Gasteiger partial charge in [-0.15, -0.1) is 0 Å². The summed E-state index contributed by atoms with van der Waals surface area (Å²) in [6.45, 7) is 3.67. The lowest BCUT2D eigenvalue weighted by molar-refractivity contribution is -0.161. The summed E-state index contributed by atoms with van der Waals surface area (Å²) in [5.74, 6) is -0.815. The maximum Gasteiger partial charge on any atom is 0.472 e. The van der Waals surface area contributed by atoms with Crippen molar-refractivity contribution in [1.82, 2.24) is 0 Å². The monoisotopic (exact) mass is 1260 g/mol. The molecule has 0 aliphatic rings. The van der Waals surface area contributed by atoms with Gasteiger partial charge in [-0.3, -0.25) is 18.6 Å². The van der Waals surface area contributed by atoms with E-state index in [-0.39, 0.29) is 38.6 Å². The van der Waals surface area contributed by atoms with Gasteiger partial charge in [-0.05, 0) is 96.3 Å². The minimum Gasteiger partial charge on any atom is -0.462 e. The van der Waals surface area contributed by atoms with E-state index in [1.165, 1.54) is 244 Å². The lowest BCUT2D eigenvalue weighted by atomic mass is 10.0. The summed E-state index contributed by atoms with van der Waals surface area (Å²) in [5, 5.41) is 0. The van der Waals surface area contributed by atoms with E-state index in [2.05, 4.69) is 111 Å². The molecule has 0 radical (unpaired) electrons. The third-order valence-electron chi connectivity index (χ3n) is 16.5. The Balaban J connectivity index is 3.82. The van der Waals surface area contributed by atoms with Gasteiger partial charge in [0.15, 0.2) is 6.10 Å². The van der Waals surface area contributed by atoms with Crippen molar-refractivity contribution < 1.29 is 37.6 Å². The number of hydrogen-bond acceptors (Lipinski definition) is 8. The zero-order chi connectivity index (χ0) is 64.4. The number of unbranched alkanes of at least 4 members (excludes halogenated alkanes) is 42. The second-order valence-electron chi connectivity index (χ2n) is 25.1. The highest BCUT2D eigenvalue weighted by molar-refractivity contribution is 7.47. The molecule has 0 fully saturated rings. The fourth-order valence-corrected chi connectivity index (χ4v) is 11.7. The molecule has 0 aliphatic carbocycles. The second kappa shape index (κ2) is 74.0. The number of ether oxygens (including phenoxy) is 2. The minimum atomic E-state index is -4.40. The van der Waals surface area contributed by atoms with Gasteiger partial charge in [0.25, 0.3) is 0 Å². The Morgan fingerprint density at radius 3 is 0.921 bits per heavy atom. The van der Waals surface area contributed by atoms with E-state index in [1.54, 1.807) is 0 Å². The predicted octanol–water partition coefficient (Wildman–Crippen LogP) is 25.1. The first-order valence-electron chi connectivity index (χ1n) is 37.7. The molecule has 516 valence electrons. The summed E-state index contributed by atoms with van der Waals surface area (Å²) in [4.78, 5) is 35.4. The number of phosphoric ester groups is 1. The zero-order valence-electron chi connectivity index (χ0n) is 58.2. The number of nitrogens with two attached hydrogens (primary N) is 1. The maximum absolute atomic E-state index is 12.8. The fraction of sp³-hybridized carbons (Fsp3) is 0.772. The Morgan fingerprint density at radius 2 is 0.618 bits per heavy atom. The average molecular weight is 1260 g/mol. The summed E-state index contributed by atoms with van der Waals surface area (Å²) in [7, 11) is -4.40. The van der Waals surface area contributed by atoms with Gasteiger partial charge >= 0.3 is 19.8 Å². The van der Waals surface area contributed by atoms with E-state index in [1.807, 2.05) is 0 Å². The van der Waals surface area contributed by atoms with Crippen LogP contribution in [0.5, 0.6) is 0 Å². The van der Waals surface area contributed by atoms with Crippen LogP contribution in [-0.4, -0.2) is 49.3 Å². The van der Waals surface area contributed by atoms with Gasteiger partial charge in [-0.2, -0.15) is 0 Å². The number of carbonyl (C=O) groups excluding carboxylic acids is 2. The van der Waals surface area contributed by atoms with Gasteiger partial charge < -0.3 is 20.1 Å². The fourth-order valence-electron chi connectivity index (χ4n) is 10.9. The molecule has 3 N–H and O–H groups in total. The van der Waals surface area contributed by atoms with Crippen LogP contribution in [0.25, 0.3) is 0 Å². The molecule has 9 nitrogen and oxygen atoms in total. The summed E-state index contributed by atoms with van der Waals surface area (Å²) >= 11 is 0. The summed E-state index contributed by atoms with van der Waals surface area (Å²) in [6, 6.07) is 0. The highest BCUT2D eigenvalue weighted by Gasteiger charge is 2.26. The molecule has 0 aromatic heterocycles. The largest absolute Gasteiger partial charge is 0.472 e. The molecule has 0 heterocycles. The molecule has 0 rings (SSSR count). The number of allylic oxidation sites excluding steroid dienone is 16. The lowest BCUT2D eigenvalue weighted by Gasteiger charge is -2.19. The van der Waals surface area contributed by atoms with Gasteiger partial charge in [0.2, 0.25) is 0 Å². The van der Waals surface area contributed by atoms with Gasteiger partial charge in [-0.1, -0.05) is 349 Å². The van der Waals surface area contributed by atoms with Crippen LogP contribution in [0, 0.1) is 0 Å². The van der Waals surface area contributed by atoms with Crippen molar-refractivity contribution >= 4 is 19.8 Å². The van der Waals surface area contributed by atoms with Crippen molar-refractivity contribution in [2.45, 2.75) is 367 Å². The van der Waals surface area contributed by atoms with Crippen LogP contribution < -0.4 is 5.73 Å². The molecule has 2 atom stereocenters. The van der Waals surface area contributed by atoms with Crippen LogP contribution in [0.15, 0.2) is 97.2 Å². The Hall–Kier alpha value is -3.07. The third kappa shape index (κ3) is 73.9. The van der Waals surface area contributed by atoms with E-state index >= 15 is 0 Å². The lowest BCUT2D eigenvalue weighted by Crippen LogP contribution is -2.29. The van der Waals surface area contributed by atoms with Crippen molar-refractivity contribution in [3.8, 4) is 0 Å². The molecule has 0 spiro atoms. The molecule has 89 heavy (non-hydrogen) atoms. The number of rotatable bonds is 71. The Morgan fingerprint density at radius 1 is 0.348 bits per heavy atom. The van der Waals surface area contributed by atoms with E-state index in [0.29, 0.717) is 6.42 Å². The normalized spacial score (nSPS) is 13.4. The SMILES string of the molecule is CC/C=C\C/C=C\C/C=C\C/C=C\C/C=C\C/C=C\CCCCCCCCCCCCCCCCC(=O)OC(COC(=O)CCCCCCCCCCCCCCCCCCCCCCCCC/C=C\C/C=C\CCCCCCC)COP(=O)(O)OCCN. The van der Waals surface area contributed by atoms with E-state index in [0.717, 1.165) is 83.5 Å². The van der Waals surface area contributed by atoms with Crippen LogP contribution in [0.4, 0.5) is 0 Å². The predicted molar refractivity (Wildman–Crippen MR) is 385 cm³/mol. The first-order chi connectivity index (χ1) is 43.8. The Bertz CT molecular complexity index is 1780. The smallest absolute Gasteiger partial charge is 0.462 e. The van der Waals surface area contributed by atoms with Crippen LogP contribution in [0.1, 0.15) is 361 Å². The van der Waals surface area contributed by atoms with Crippen molar-refractivity contribution in [2.24, 2.45) is 5.73 Å². The van der Waals surface area contributed by atoms with Crippen LogP contribution in [-0.2, 0) is 32.7 Å². The molecule has 2 unspecified atom stereocenters. The molecular weight excluding hydrogens is 1120 g/mol. The number of phosphoric acid groups is 1. The molecule has 0 saturated heterocycles. The molecule has 0 bridgehead atoms. The summed E-state index contributed by atoms with van der Waals surface area (Å²) in [6.07, 6.45) is 101. The molecule has 0 aromatic carbocycles. The topological polar surface area (TPSA) is 134 Å². The van der Waals surface area contributed by atoms with Crippen LogP contribution >= 0.6 is 7.82 Å². The first kappa shape index (κ1) is 85.9. The summed E-state index contributed by atoms with van der Waals surface area (Å²) < 4.78 is 33.2. The standard InChI is InChI=1S/C79H142NO8P/c1-3-5-7-9-11-13-15-17-19-21-23-25-27-29-31-33-35-37-38-40-41-43-45-47-49-51-53-55-57-59-61-63-65-67-69-71-78(81)85-75-77(76-87-89(83,84)86-74-73-80)88-79(82)72-70-68-66-64-62-60-58-56-54-52-50-48-46-44-42-39-36-34-32-30-28-26-24-22-20-18-16-14-12-10-8-6-4-2/h6,8,12,14-15,17-18,20-21,23-24,26,30,32,36,39,77H,3-5,7,9-11,13,16,19,22,25,27-29,31,33-35,37-38,40-76,80H2,1-2H3,(H,83,84)/b8-6-,14-12-,17-15-,20-18-,23-21-,26-24-,32-30-,39-36-. The molecule has 0 amide bonds. The van der Waals surface area contributed by atoms with Gasteiger partial charge in [-0.25, -0.2) is 4.57 Å². The van der Waals surface area contributed by atoms with E-state index in [4.69, 9.17) is 24.3 Å². The zero-order valence-corrected chi connectivity index (χ0v) is 59.1. The highest BCUT2D eigenvalue weighted by atomic mass is 31.2. The molecule has 0 aliphatic heterocycles. The van der Waals surface area contributed by atoms with Crippen molar-refractivity contribution in [2.75, 3.05) is 26.4 Å². The Kier molecular flexibility index (Phi) is 71.4. The van der Waals surface area contributed by atoms with Crippen LogP contribution in [0.2, 0.25) is 0 Å². The third-order valence-corrected chi connectivity index (χ3v) is 17.4. The minimum absolute atomic E-state index is 0.0520. The van der Waals surface area contributed by atoms with Gasteiger partial charge in [0, 0.05) is 19.4 Å². The van der Waals surface area contributed by atoms with Gasteiger partial charge in [0.1, 0.15) is 6.61 Å². The summed E-state index contributed by atoms with van der Waals surface area (Å²) in [5.41, 5.74) is 5.41. The number of hydrogen-bond donors (Lipinski definition) is 2. The number of esters is 2. The molecule has 0 aromatic rings. The first-order valence-corrected chi connectivity index (χ1v) is 39.2. The van der Waals surface area contributed by atoms with E-state index in [9.17, 15) is 19.0 Å². The highest BCUT2D eigenvalue weighted by Crippen LogP contribution is 2.43.